The summed E-state index contributed by atoms with van der Waals surface area (Å²) in [6, 6.07) is 4.98. The molecule has 1 aliphatic heterocycles. The molecule has 0 aromatic heterocycles. The molecular weight excluding hydrogens is 306 g/mol. The first kappa shape index (κ1) is 18.3. The van der Waals surface area contributed by atoms with Crippen LogP contribution in [0.25, 0.3) is 0 Å². The summed E-state index contributed by atoms with van der Waals surface area (Å²) in [6.45, 7) is 6.67. The summed E-state index contributed by atoms with van der Waals surface area (Å²) in [5.74, 6) is -0.139. The van der Waals surface area contributed by atoms with Gasteiger partial charge < -0.3 is 9.64 Å². The summed E-state index contributed by atoms with van der Waals surface area (Å²) in [4.78, 5) is 38.2. The van der Waals surface area contributed by atoms with Gasteiger partial charge in [-0.1, -0.05) is 19.4 Å². The zero-order chi connectivity index (χ0) is 17.7. The van der Waals surface area contributed by atoms with Crippen LogP contribution in [0.5, 0.6) is 0 Å². The molecule has 1 amide bonds. The molecule has 5 nitrogen and oxygen atoms in total. The first-order chi connectivity index (χ1) is 11.4. The number of aryl methyl sites for hydroxylation is 1. The number of Topliss-reactive ketones (excluding diaryl/α,β-unsaturated/α-hetero) is 1. The third-order valence-electron chi connectivity index (χ3n) is 4.66. The van der Waals surface area contributed by atoms with Gasteiger partial charge in [0.25, 0.3) is 5.91 Å². The Bertz CT molecular complexity index is 640. The van der Waals surface area contributed by atoms with E-state index in [4.69, 9.17) is 4.74 Å². The molecule has 1 unspecified atom stereocenters. The summed E-state index contributed by atoms with van der Waals surface area (Å²) in [5.41, 5.74) is 0.865. The largest absolute Gasteiger partial charge is 0.377 e. The van der Waals surface area contributed by atoms with Crippen LogP contribution in [0.2, 0.25) is 0 Å². The number of hydrogen-bond acceptors (Lipinski definition) is 4. The molecule has 1 aromatic rings. The summed E-state index contributed by atoms with van der Waals surface area (Å²) in [7, 11) is 0. The summed E-state index contributed by atoms with van der Waals surface area (Å²) < 4.78 is 5.51. The maximum atomic E-state index is 13.0. The summed E-state index contributed by atoms with van der Waals surface area (Å²) in [6.07, 6.45) is 2.95. The molecule has 1 atom stereocenters. The Morgan fingerprint density at radius 2 is 2.12 bits per heavy atom. The highest BCUT2D eigenvalue weighted by atomic mass is 16.5. The molecule has 0 aliphatic carbocycles. The van der Waals surface area contributed by atoms with E-state index in [1.807, 2.05) is 6.92 Å². The highest BCUT2D eigenvalue weighted by Gasteiger charge is 2.44. The number of aldehydes is 1. The second-order valence-corrected chi connectivity index (χ2v) is 6.50. The fourth-order valence-corrected chi connectivity index (χ4v) is 3.06. The molecule has 2 rings (SSSR count). The number of carbonyl (C=O) groups excluding carboxylic acids is 3. The van der Waals surface area contributed by atoms with Crippen LogP contribution >= 0.6 is 0 Å². The van der Waals surface area contributed by atoms with E-state index in [1.165, 1.54) is 0 Å². The standard InChI is InChI=1S/C19H25NO4/c1-4-5-6-17(22)19(3)13-24-10-9-20(19)18(23)16-8-7-15(12-21)11-14(16)2/h7-8,11-12H,4-6,9-10,13H2,1-3H3. The maximum Gasteiger partial charge on any atom is 0.255 e. The predicted molar refractivity (Wildman–Crippen MR) is 91.4 cm³/mol. The fraction of sp³-hybridized carbons (Fsp3) is 0.526. The van der Waals surface area contributed by atoms with Crippen molar-refractivity contribution in [2.45, 2.75) is 45.6 Å². The van der Waals surface area contributed by atoms with Crippen LogP contribution in [0.3, 0.4) is 0 Å². The number of ketones is 1. The lowest BCUT2D eigenvalue weighted by Gasteiger charge is -2.43. The van der Waals surface area contributed by atoms with E-state index in [9.17, 15) is 14.4 Å². The number of carbonyl (C=O) groups is 3. The molecule has 5 heteroatoms. The highest BCUT2D eigenvalue weighted by Crippen LogP contribution is 2.26. The molecule has 1 aliphatic rings. The highest BCUT2D eigenvalue weighted by molar-refractivity contribution is 6.01. The lowest BCUT2D eigenvalue weighted by Crippen LogP contribution is -2.61. The van der Waals surface area contributed by atoms with E-state index < -0.39 is 5.54 Å². The third-order valence-corrected chi connectivity index (χ3v) is 4.66. The zero-order valence-corrected chi connectivity index (χ0v) is 14.6. The number of unbranched alkanes of at least 4 members (excludes halogenated alkanes) is 1. The van der Waals surface area contributed by atoms with Gasteiger partial charge in [0, 0.05) is 24.1 Å². The Morgan fingerprint density at radius 1 is 1.38 bits per heavy atom. The minimum atomic E-state index is -0.930. The van der Waals surface area contributed by atoms with Crippen molar-refractivity contribution < 1.29 is 19.1 Å². The van der Waals surface area contributed by atoms with Crippen molar-refractivity contribution >= 4 is 18.0 Å². The predicted octanol–water partition coefficient (Wildman–Crippen LogP) is 2.80. The van der Waals surface area contributed by atoms with Gasteiger partial charge in [-0.15, -0.1) is 0 Å². The van der Waals surface area contributed by atoms with Gasteiger partial charge in [-0.05, 0) is 38.0 Å². The Hall–Kier alpha value is -2.01. The summed E-state index contributed by atoms with van der Waals surface area (Å²) >= 11 is 0. The third kappa shape index (κ3) is 3.56. The van der Waals surface area contributed by atoms with Crippen molar-refractivity contribution in [3.8, 4) is 0 Å². The lowest BCUT2D eigenvalue weighted by atomic mass is 9.89. The van der Waals surface area contributed by atoms with E-state index in [-0.39, 0.29) is 18.3 Å². The van der Waals surface area contributed by atoms with E-state index in [1.54, 1.807) is 36.9 Å². The van der Waals surface area contributed by atoms with Gasteiger partial charge in [0.05, 0.1) is 13.2 Å². The van der Waals surface area contributed by atoms with Crippen LogP contribution in [0, 0.1) is 6.92 Å². The average Bonchev–Trinajstić information content (AvgIpc) is 2.59. The molecule has 0 radical (unpaired) electrons. The molecular formula is C19H25NO4. The number of benzene rings is 1. The second kappa shape index (κ2) is 7.71. The van der Waals surface area contributed by atoms with Gasteiger partial charge >= 0.3 is 0 Å². The van der Waals surface area contributed by atoms with Crippen molar-refractivity contribution in [3.05, 3.63) is 34.9 Å². The van der Waals surface area contributed by atoms with Gasteiger partial charge in [-0.3, -0.25) is 14.4 Å². The minimum Gasteiger partial charge on any atom is -0.377 e. The van der Waals surface area contributed by atoms with Crippen LogP contribution < -0.4 is 0 Å². The number of hydrogen-bond donors (Lipinski definition) is 0. The van der Waals surface area contributed by atoms with Gasteiger partial charge in [0.15, 0.2) is 5.78 Å². The summed E-state index contributed by atoms with van der Waals surface area (Å²) in [5, 5.41) is 0. The van der Waals surface area contributed by atoms with E-state index in [0.717, 1.165) is 24.7 Å². The van der Waals surface area contributed by atoms with E-state index in [2.05, 4.69) is 0 Å². The molecule has 24 heavy (non-hydrogen) atoms. The first-order valence-electron chi connectivity index (χ1n) is 8.43. The molecule has 1 saturated heterocycles. The Morgan fingerprint density at radius 3 is 2.75 bits per heavy atom. The molecule has 0 spiro atoms. The Balaban J connectivity index is 2.31. The quantitative estimate of drug-likeness (QED) is 0.752. The normalized spacial score (nSPS) is 20.7. The molecule has 0 saturated carbocycles. The Kier molecular flexibility index (Phi) is 5.89. The maximum absolute atomic E-state index is 13.0. The van der Waals surface area contributed by atoms with Crippen LogP contribution in [0.1, 0.15) is 59.4 Å². The second-order valence-electron chi connectivity index (χ2n) is 6.50. The van der Waals surface area contributed by atoms with Gasteiger partial charge in [0.2, 0.25) is 0 Å². The van der Waals surface area contributed by atoms with Crippen LogP contribution in [-0.2, 0) is 9.53 Å². The molecule has 0 bridgehead atoms. The van der Waals surface area contributed by atoms with Gasteiger partial charge in [-0.2, -0.15) is 0 Å². The molecule has 1 aromatic carbocycles. The van der Waals surface area contributed by atoms with Crippen LogP contribution in [0.4, 0.5) is 0 Å². The van der Waals surface area contributed by atoms with Crippen molar-refractivity contribution in [2.24, 2.45) is 0 Å². The van der Waals surface area contributed by atoms with Crippen molar-refractivity contribution in [3.63, 3.8) is 0 Å². The van der Waals surface area contributed by atoms with Gasteiger partial charge in [0.1, 0.15) is 11.8 Å². The number of ether oxygens (including phenoxy) is 1. The number of nitrogens with zero attached hydrogens (tertiary/aromatic N) is 1. The van der Waals surface area contributed by atoms with Crippen molar-refractivity contribution in [1.29, 1.82) is 0 Å². The van der Waals surface area contributed by atoms with E-state index in [0.29, 0.717) is 30.7 Å². The van der Waals surface area contributed by atoms with Crippen molar-refractivity contribution in [2.75, 3.05) is 19.8 Å². The van der Waals surface area contributed by atoms with Crippen LogP contribution in [0.15, 0.2) is 18.2 Å². The fourth-order valence-electron chi connectivity index (χ4n) is 3.06. The molecule has 1 fully saturated rings. The zero-order valence-electron chi connectivity index (χ0n) is 14.6. The number of amides is 1. The Labute approximate surface area is 143 Å². The average molecular weight is 331 g/mol. The van der Waals surface area contributed by atoms with Gasteiger partial charge in [-0.25, -0.2) is 0 Å². The smallest absolute Gasteiger partial charge is 0.255 e. The monoisotopic (exact) mass is 331 g/mol. The first-order valence-corrected chi connectivity index (χ1v) is 8.43. The molecule has 130 valence electrons. The number of rotatable bonds is 6. The minimum absolute atomic E-state index is 0.0413. The topological polar surface area (TPSA) is 63.7 Å². The van der Waals surface area contributed by atoms with E-state index >= 15 is 0 Å². The van der Waals surface area contributed by atoms with Crippen LogP contribution in [-0.4, -0.2) is 48.2 Å². The van der Waals surface area contributed by atoms with Crippen molar-refractivity contribution in [1.82, 2.24) is 4.90 Å². The lowest BCUT2D eigenvalue weighted by molar-refractivity contribution is -0.138. The number of morpholine rings is 1. The molecule has 1 heterocycles. The molecule has 0 N–H and O–H groups in total. The SMILES string of the molecule is CCCCC(=O)C1(C)COCCN1C(=O)c1ccc(C=O)cc1C.